The molecule has 94 valence electrons. The van der Waals surface area contributed by atoms with Crippen LogP contribution in [0.2, 0.25) is 5.02 Å². The molecule has 0 aromatic heterocycles. The lowest BCUT2D eigenvalue weighted by Crippen LogP contribution is -2.32. The van der Waals surface area contributed by atoms with E-state index in [1.54, 1.807) is 4.72 Å². The van der Waals surface area contributed by atoms with E-state index in [1.807, 2.05) is 0 Å². The lowest BCUT2D eigenvalue weighted by molar-refractivity contribution is 0.0977. The van der Waals surface area contributed by atoms with E-state index in [-0.39, 0.29) is 5.75 Å². The van der Waals surface area contributed by atoms with Gasteiger partial charge in [-0.25, -0.2) is 21.9 Å². The molecule has 0 aliphatic carbocycles. The van der Waals surface area contributed by atoms with Crippen LogP contribution in [0.5, 0.6) is 0 Å². The number of carbonyl (C=O) groups is 1. The first-order chi connectivity index (χ1) is 7.76. The Hall–Kier alpha value is -1.21. The Morgan fingerprint density at radius 1 is 1.35 bits per heavy atom. The van der Waals surface area contributed by atoms with Crippen molar-refractivity contribution in [2.75, 3.05) is 5.75 Å². The second-order valence-electron chi connectivity index (χ2n) is 3.08. The van der Waals surface area contributed by atoms with Gasteiger partial charge in [0, 0.05) is 6.07 Å². The molecule has 0 spiro atoms. The number of benzene rings is 1. The Morgan fingerprint density at radius 2 is 1.94 bits per heavy atom. The number of halogens is 3. The quantitative estimate of drug-likeness (QED) is 0.859. The van der Waals surface area contributed by atoms with Crippen LogP contribution in [0.1, 0.15) is 17.3 Å². The van der Waals surface area contributed by atoms with Crippen molar-refractivity contribution in [2.45, 2.75) is 6.92 Å². The SMILES string of the molecule is CCS(=O)(=O)NC(=O)c1cc(Cl)c(F)cc1F. The van der Waals surface area contributed by atoms with E-state index in [0.717, 1.165) is 6.07 Å². The summed E-state index contributed by atoms with van der Waals surface area (Å²) in [5, 5.41) is -0.467. The minimum Gasteiger partial charge on any atom is -0.268 e. The Morgan fingerprint density at radius 3 is 2.47 bits per heavy atom. The molecule has 0 aliphatic rings. The topological polar surface area (TPSA) is 63.2 Å². The third-order valence-electron chi connectivity index (χ3n) is 1.88. The molecule has 8 heteroatoms. The van der Waals surface area contributed by atoms with Crippen molar-refractivity contribution >= 4 is 27.5 Å². The van der Waals surface area contributed by atoms with Gasteiger partial charge in [-0.15, -0.1) is 0 Å². The summed E-state index contributed by atoms with van der Waals surface area (Å²) in [7, 11) is -3.81. The number of hydrogen-bond acceptors (Lipinski definition) is 3. The van der Waals surface area contributed by atoms with Gasteiger partial charge in [0.25, 0.3) is 5.91 Å². The molecule has 17 heavy (non-hydrogen) atoms. The third-order valence-corrected chi connectivity index (χ3v) is 3.43. The standard InChI is InChI=1S/C9H8ClF2NO3S/c1-2-17(15,16)13-9(14)5-3-6(10)8(12)4-7(5)11/h3-4H,2H2,1H3,(H,13,14). The smallest absolute Gasteiger partial charge is 0.267 e. The van der Waals surface area contributed by atoms with Crippen LogP contribution in [-0.2, 0) is 10.0 Å². The summed E-state index contributed by atoms with van der Waals surface area (Å²) in [6.45, 7) is 1.31. The van der Waals surface area contributed by atoms with E-state index in [9.17, 15) is 22.0 Å². The van der Waals surface area contributed by atoms with Gasteiger partial charge in [-0.2, -0.15) is 0 Å². The molecule has 1 amide bonds. The molecule has 0 aliphatic heterocycles. The fraction of sp³-hybridized carbons (Fsp3) is 0.222. The van der Waals surface area contributed by atoms with Crippen molar-refractivity contribution < 1.29 is 22.0 Å². The van der Waals surface area contributed by atoms with Gasteiger partial charge in [-0.1, -0.05) is 11.6 Å². The molecule has 1 rings (SSSR count). The Bertz CT molecular complexity index is 560. The van der Waals surface area contributed by atoms with Crippen LogP contribution >= 0.6 is 11.6 Å². The summed E-state index contributed by atoms with van der Waals surface area (Å²) in [5.41, 5.74) is -0.631. The van der Waals surface area contributed by atoms with E-state index in [1.165, 1.54) is 6.92 Å². The molecule has 1 aromatic rings. The fourth-order valence-corrected chi connectivity index (χ4v) is 1.67. The van der Waals surface area contributed by atoms with Gasteiger partial charge in [0.05, 0.1) is 16.3 Å². The van der Waals surface area contributed by atoms with Crippen LogP contribution in [-0.4, -0.2) is 20.1 Å². The predicted molar refractivity (Wildman–Crippen MR) is 58.3 cm³/mol. The lowest BCUT2D eigenvalue weighted by atomic mass is 10.2. The number of rotatable bonds is 3. The normalized spacial score (nSPS) is 11.3. The van der Waals surface area contributed by atoms with Crippen molar-refractivity contribution in [2.24, 2.45) is 0 Å². The Kier molecular flexibility index (Phi) is 4.05. The number of hydrogen-bond donors (Lipinski definition) is 1. The van der Waals surface area contributed by atoms with Gasteiger partial charge in [0.15, 0.2) is 0 Å². The van der Waals surface area contributed by atoms with Crippen LogP contribution in [0.4, 0.5) is 8.78 Å². The highest BCUT2D eigenvalue weighted by Gasteiger charge is 2.19. The zero-order valence-corrected chi connectivity index (χ0v) is 10.2. The largest absolute Gasteiger partial charge is 0.268 e. The van der Waals surface area contributed by atoms with Crippen molar-refractivity contribution in [3.63, 3.8) is 0 Å². The molecule has 0 atom stereocenters. The number of sulfonamides is 1. The zero-order chi connectivity index (χ0) is 13.2. The van der Waals surface area contributed by atoms with Crippen molar-refractivity contribution in [1.29, 1.82) is 0 Å². The van der Waals surface area contributed by atoms with Gasteiger partial charge >= 0.3 is 0 Å². The predicted octanol–water partition coefficient (Wildman–Crippen LogP) is 1.70. The van der Waals surface area contributed by atoms with Crippen molar-refractivity contribution in [3.05, 3.63) is 34.4 Å². The number of amides is 1. The summed E-state index contributed by atoms with van der Waals surface area (Å²) in [4.78, 5) is 11.4. The molecular weight excluding hydrogens is 276 g/mol. The molecule has 0 saturated carbocycles. The molecule has 0 radical (unpaired) electrons. The maximum atomic E-state index is 13.2. The molecule has 0 unspecified atom stereocenters. The molecule has 0 saturated heterocycles. The Labute approximate surface area is 102 Å². The van der Waals surface area contributed by atoms with Crippen LogP contribution in [0, 0.1) is 11.6 Å². The highest BCUT2D eigenvalue weighted by Crippen LogP contribution is 2.19. The highest BCUT2D eigenvalue weighted by atomic mass is 35.5. The minimum absolute atomic E-state index is 0.338. The highest BCUT2D eigenvalue weighted by molar-refractivity contribution is 7.90. The minimum atomic E-state index is -3.81. The lowest BCUT2D eigenvalue weighted by Gasteiger charge is -2.06. The van der Waals surface area contributed by atoms with E-state index >= 15 is 0 Å². The zero-order valence-electron chi connectivity index (χ0n) is 8.63. The third kappa shape index (κ3) is 3.37. The summed E-state index contributed by atoms with van der Waals surface area (Å²) in [6, 6.07) is 1.14. The first-order valence-corrected chi connectivity index (χ1v) is 6.49. The summed E-state index contributed by atoms with van der Waals surface area (Å²) < 4.78 is 49.8. The summed E-state index contributed by atoms with van der Waals surface area (Å²) in [6.07, 6.45) is 0. The van der Waals surface area contributed by atoms with E-state index in [4.69, 9.17) is 11.6 Å². The molecule has 4 nitrogen and oxygen atoms in total. The summed E-state index contributed by atoms with van der Waals surface area (Å²) in [5.74, 6) is -3.74. The van der Waals surface area contributed by atoms with Gasteiger partial charge in [0.1, 0.15) is 11.6 Å². The monoisotopic (exact) mass is 283 g/mol. The van der Waals surface area contributed by atoms with Gasteiger partial charge in [0.2, 0.25) is 10.0 Å². The molecule has 0 heterocycles. The first kappa shape index (κ1) is 13.9. The van der Waals surface area contributed by atoms with Crippen LogP contribution in [0.15, 0.2) is 12.1 Å². The van der Waals surface area contributed by atoms with Crippen LogP contribution in [0.25, 0.3) is 0 Å². The number of nitrogens with one attached hydrogen (secondary N) is 1. The average Bonchev–Trinajstić information content (AvgIpc) is 2.22. The molecule has 0 bridgehead atoms. The van der Waals surface area contributed by atoms with Crippen molar-refractivity contribution in [1.82, 2.24) is 4.72 Å². The van der Waals surface area contributed by atoms with E-state index in [2.05, 4.69) is 0 Å². The van der Waals surface area contributed by atoms with Gasteiger partial charge in [-0.3, -0.25) is 4.79 Å². The van der Waals surface area contributed by atoms with Crippen molar-refractivity contribution in [3.8, 4) is 0 Å². The number of carbonyl (C=O) groups excluding carboxylic acids is 1. The fourth-order valence-electron chi connectivity index (χ4n) is 0.965. The maximum Gasteiger partial charge on any atom is 0.267 e. The Balaban J connectivity index is 3.10. The van der Waals surface area contributed by atoms with E-state index < -0.39 is 38.2 Å². The molecule has 1 N–H and O–H groups in total. The average molecular weight is 284 g/mol. The molecule has 1 aromatic carbocycles. The second kappa shape index (κ2) is 4.97. The van der Waals surface area contributed by atoms with Crippen LogP contribution in [0.3, 0.4) is 0 Å². The molecule has 0 fully saturated rings. The van der Waals surface area contributed by atoms with E-state index in [0.29, 0.717) is 6.07 Å². The first-order valence-electron chi connectivity index (χ1n) is 4.46. The second-order valence-corrected chi connectivity index (χ2v) is 5.50. The summed E-state index contributed by atoms with van der Waals surface area (Å²) >= 11 is 5.36. The van der Waals surface area contributed by atoms with Gasteiger partial charge in [-0.05, 0) is 13.0 Å². The molecular formula is C9H8ClF2NO3S. The van der Waals surface area contributed by atoms with Crippen LogP contribution < -0.4 is 4.72 Å². The van der Waals surface area contributed by atoms with Gasteiger partial charge < -0.3 is 0 Å². The maximum absolute atomic E-state index is 13.2.